The zero-order valence-corrected chi connectivity index (χ0v) is 20.0. The standard InChI is InChI=1S/C23H25F3N8O2/c1-21-6-7-22(2,32-21)12-15(11-21)33(3)20-27-13-17(30-31-20)16-5-4-14(34-28-8-9-29-34)10-18(16)36-19(35)23(24,25)26/h4-5,8-10,13,15,32H,6-7,11-12H2,1-3H3/t15?,21-,22?/m0/s1. The van der Waals surface area contributed by atoms with Crippen molar-refractivity contribution in [1.82, 2.24) is 35.5 Å². The summed E-state index contributed by atoms with van der Waals surface area (Å²) in [5, 5.41) is 20.1. The van der Waals surface area contributed by atoms with Crippen LogP contribution in [0.5, 0.6) is 5.75 Å². The van der Waals surface area contributed by atoms with E-state index in [2.05, 4.69) is 49.3 Å². The molecule has 1 N–H and O–H groups in total. The van der Waals surface area contributed by atoms with Gasteiger partial charge in [-0.15, -0.1) is 10.2 Å². The van der Waals surface area contributed by atoms with E-state index < -0.39 is 12.1 Å². The Morgan fingerprint density at radius 1 is 1.14 bits per heavy atom. The Morgan fingerprint density at radius 3 is 2.39 bits per heavy atom. The second-order valence-corrected chi connectivity index (χ2v) is 9.95. The van der Waals surface area contributed by atoms with E-state index in [0.29, 0.717) is 11.6 Å². The van der Waals surface area contributed by atoms with Gasteiger partial charge >= 0.3 is 12.1 Å². The first-order valence-corrected chi connectivity index (χ1v) is 11.5. The van der Waals surface area contributed by atoms with Crippen LogP contribution in [0.1, 0.15) is 39.5 Å². The third-order valence-electron chi connectivity index (χ3n) is 6.94. The number of ether oxygens (including phenoxy) is 1. The first-order valence-electron chi connectivity index (χ1n) is 11.5. The molecule has 2 aromatic heterocycles. The third kappa shape index (κ3) is 4.62. The zero-order valence-electron chi connectivity index (χ0n) is 20.0. The molecule has 2 saturated heterocycles. The summed E-state index contributed by atoms with van der Waals surface area (Å²) in [5.41, 5.74) is 0.691. The van der Waals surface area contributed by atoms with Gasteiger partial charge in [-0.3, -0.25) is 0 Å². The number of fused-ring (bicyclic) bond motifs is 2. The number of piperidine rings is 1. The van der Waals surface area contributed by atoms with Crippen molar-refractivity contribution in [3.8, 4) is 22.7 Å². The van der Waals surface area contributed by atoms with Crippen LogP contribution in [-0.4, -0.2) is 66.5 Å². The number of alkyl halides is 3. The van der Waals surface area contributed by atoms with Crippen LogP contribution in [-0.2, 0) is 4.79 Å². The number of aromatic nitrogens is 6. The summed E-state index contributed by atoms with van der Waals surface area (Å²) in [6.07, 6.45) is 3.14. The second-order valence-electron chi connectivity index (χ2n) is 9.95. The van der Waals surface area contributed by atoms with E-state index in [9.17, 15) is 18.0 Å². The van der Waals surface area contributed by atoms with E-state index in [1.54, 1.807) is 6.07 Å². The highest BCUT2D eigenvalue weighted by molar-refractivity contribution is 5.81. The predicted octanol–water partition coefficient (Wildman–Crippen LogP) is 3.09. The Morgan fingerprint density at radius 2 is 1.81 bits per heavy atom. The highest BCUT2D eigenvalue weighted by Crippen LogP contribution is 2.43. The molecule has 36 heavy (non-hydrogen) atoms. The number of benzene rings is 1. The molecule has 190 valence electrons. The highest BCUT2D eigenvalue weighted by Gasteiger charge is 2.49. The van der Waals surface area contributed by atoms with Crippen LogP contribution in [0, 0.1) is 0 Å². The fraction of sp³-hybridized carbons (Fsp3) is 0.478. The van der Waals surface area contributed by atoms with Gasteiger partial charge in [-0.05, 0) is 51.7 Å². The van der Waals surface area contributed by atoms with Gasteiger partial charge in [-0.2, -0.15) is 28.2 Å². The predicted molar refractivity (Wildman–Crippen MR) is 122 cm³/mol. The molecule has 0 radical (unpaired) electrons. The molecule has 2 aliphatic heterocycles. The molecule has 0 spiro atoms. The molecule has 2 aliphatic rings. The summed E-state index contributed by atoms with van der Waals surface area (Å²) in [4.78, 5) is 19.2. The monoisotopic (exact) mass is 502 g/mol. The molecule has 0 aliphatic carbocycles. The summed E-state index contributed by atoms with van der Waals surface area (Å²) in [7, 11) is 1.92. The molecule has 1 aromatic carbocycles. The quantitative estimate of drug-likeness (QED) is 0.416. The number of carbonyl (C=O) groups is 1. The van der Waals surface area contributed by atoms with Gasteiger partial charge < -0.3 is 15.0 Å². The van der Waals surface area contributed by atoms with E-state index in [4.69, 9.17) is 0 Å². The van der Waals surface area contributed by atoms with Crippen molar-refractivity contribution in [3.05, 3.63) is 36.8 Å². The fourth-order valence-corrected chi connectivity index (χ4v) is 5.25. The second kappa shape index (κ2) is 8.50. The van der Waals surface area contributed by atoms with Crippen LogP contribution < -0.4 is 15.0 Å². The summed E-state index contributed by atoms with van der Waals surface area (Å²) >= 11 is 0. The van der Waals surface area contributed by atoms with Crippen molar-refractivity contribution in [1.29, 1.82) is 0 Å². The van der Waals surface area contributed by atoms with Gasteiger partial charge in [0.15, 0.2) is 0 Å². The lowest BCUT2D eigenvalue weighted by molar-refractivity contribution is -0.189. The summed E-state index contributed by atoms with van der Waals surface area (Å²) in [6, 6.07) is 4.46. The number of rotatable bonds is 5. The summed E-state index contributed by atoms with van der Waals surface area (Å²) in [5.74, 6) is -2.31. The molecule has 5 rings (SSSR count). The average Bonchev–Trinajstić information content (AvgIpc) is 3.43. The van der Waals surface area contributed by atoms with Crippen LogP contribution in [0.15, 0.2) is 36.8 Å². The van der Waals surface area contributed by atoms with Crippen molar-refractivity contribution in [2.45, 2.75) is 62.8 Å². The minimum atomic E-state index is -5.17. The van der Waals surface area contributed by atoms with Crippen LogP contribution in [0.4, 0.5) is 19.1 Å². The van der Waals surface area contributed by atoms with Gasteiger partial charge in [-0.25, -0.2) is 9.78 Å². The van der Waals surface area contributed by atoms with Gasteiger partial charge in [0.1, 0.15) is 11.4 Å². The lowest BCUT2D eigenvalue weighted by atomic mass is 9.84. The van der Waals surface area contributed by atoms with E-state index in [1.807, 2.05) is 11.9 Å². The molecule has 4 heterocycles. The van der Waals surface area contributed by atoms with Gasteiger partial charge in [0.25, 0.3) is 0 Å². The molecule has 0 amide bonds. The SMILES string of the molecule is CN(c1ncc(-c2ccc(-n3nccn3)cc2OC(=O)C(F)(F)F)nn1)C1CC2(C)CC[C@@](C)(C1)N2. The molecule has 13 heteroatoms. The molecule has 2 fully saturated rings. The minimum absolute atomic E-state index is 0.0573. The topological polar surface area (TPSA) is 111 Å². The summed E-state index contributed by atoms with van der Waals surface area (Å²) < 4.78 is 43.4. The average molecular weight is 503 g/mol. The van der Waals surface area contributed by atoms with Gasteiger partial charge in [0.05, 0.1) is 24.3 Å². The normalized spacial score (nSPS) is 25.6. The number of hydrogen-bond donors (Lipinski definition) is 1. The molecule has 3 aromatic rings. The van der Waals surface area contributed by atoms with Crippen LogP contribution >= 0.6 is 0 Å². The fourth-order valence-electron chi connectivity index (χ4n) is 5.25. The smallest absolute Gasteiger partial charge is 0.419 e. The number of nitrogens with one attached hydrogen (secondary N) is 1. The van der Waals surface area contributed by atoms with Crippen molar-refractivity contribution in [2.24, 2.45) is 0 Å². The van der Waals surface area contributed by atoms with E-state index in [-0.39, 0.29) is 34.1 Å². The maximum atomic E-state index is 12.9. The molecule has 0 saturated carbocycles. The number of halogens is 3. The van der Waals surface area contributed by atoms with Gasteiger partial charge in [-0.1, -0.05) is 0 Å². The van der Waals surface area contributed by atoms with E-state index in [0.717, 1.165) is 25.7 Å². The maximum absolute atomic E-state index is 12.9. The Hall–Kier alpha value is -3.61. The van der Waals surface area contributed by atoms with Gasteiger partial charge in [0, 0.05) is 35.8 Å². The third-order valence-corrected chi connectivity index (χ3v) is 6.94. The first kappa shape index (κ1) is 24.1. The molecule has 2 bridgehead atoms. The number of carbonyl (C=O) groups excluding carboxylic acids is 1. The van der Waals surface area contributed by atoms with Crippen molar-refractivity contribution in [2.75, 3.05) is 11.9 Å². The number of esters is 1. The molecular formula is C23H25F3N8O2. The van der Waals surface area contributed by atoms with Crippen molar-refractivity contribution < 1.29 is 22.7 Å². The van der Waals surface area contributed by atoms with E-state index in [1.165, 1.54) is 35.5 Å². The Labute approximate surface area is 204 Å². The van der Waals surface area contributed by atoms with Gasteiger partial charge in [0.2, 0.25) is 5.95 Å². The first-order chi connectivity index (χ1) is 16.9. The number of anilines is 1. The Kier molecular flexibility index (Phi) is 5.69. The zero-order chi connectivity index (χ0) is 25.7. The lowest BCUT2D eigenvalue weighted by Crippen LogP contribution is -2.58. The van der Waals surface area contributed by atoms with Crippen molar-refractivity contribution in [3.63, 3.8) is 0 Å². The van der Waals surface area contributed by atoms with E-state index >= 15 is 0 Å². The minimum Gasteiger partial charge on any atom is -0.419 e. The lowest BCUT2D eigenvalue weighted by Gasteiger charge is -2.45. The van der Waals surface area contributed by atoms with Crippen molar-refractivity contribution >= 4 is 11.9 Å². The number of hydrogen-bond acceptors (Lipinski definition) is 9. The van der Waals surface area contributed by atoms with Crippen LogP contribution in [0.25, 0.3) is 16.9 Å². The Balaban J connectivity index is 1.42. The van der Waals surface area contributed by atoms with Crippen LogP contribution in [0.3, 0.4) is 0 Å². The molecule has 3 atom stereocenters. The number of nitrogens with zero attached hydrogens (tertiary/aromatic N) is 7. The molecular weight excluding hydrogens is 477 g/mol. The molecule has 2 unspecified atom stereocenters. The maximum Gasteiger partial charge on any atom is 0.491 e. The highest BCUT2D eigenvalue weighted by atomic mass is 19.4. The largest absolute Gasteiger partial charge is 0.491 e. The Bertz CT molecular complexity index is 1250. The summed E-state index contributed by atoms with van der Waals surface area (Å²) in [6.45, 7) is 4.46. The van der Waals surface area contributed by atoms with Crippen LogP contribution in [0.2, 0.25) is 0 Å². The molecule has 10 nitrogen and oxygen atoms in total.